The molecule has 0 N–H and O–H groups in total. The molecule has 0 saturated heterocycles. The molecule has 0 spiro atoms. The van der Waals surface area contributed by atoms with Gasteiger partial charge in [0.15, 0.2) is 9.84 Å². The molecule has 3 nitrogen and oxygen atoms in total. The van der Waals surface area contributed by atoms with Crippen LogP contribution in [0.4, 0.5) is 0 Å². The molecule has 0 aromatic heterocycles. The number of hydrogen-bond acceptors (Lipinski definition) is 3. The lowest BCUT2D eigenvalue weighted by atomic mass is 9.94. The zero-order valence-corrected chi connectivity index (χ0v) is 21.6. The van der Waals surface area contributed by atoms with Gasteiger partial charge in [-0.05, 0) is 24.8 Å². The van der Waals surface area contributed by atoms with Gasteiger partial charge in [-0.2, -0.15) is 0 Å². The number of hydrogen-bond donors (Lipinski definition) is 0. The van der Waals surface area contributed by atoms with Gasteiger partial charge < -0.3 is 0 Å². The molecule has 0 bridgehead atoms. The molecule has 1 aromatic carbocycles. The molecule has 1 aromatic rings. The normalized spacial score (nSPS) is 17.0. The molecule has 0 amide bonds. The lowest BCUT2D eigenvalue weighted by Crippen LogP contribution is -2.11. The van der Waals surface area contributed by atoms with Crippen molar-refractivity contribution in [1.82, 2.24) is 0 Å². The Kier molecular flexibility index (Phi) is 13.2. The molecule has 1 unspecified atom stereocenters. The van der Waals surface area contributed by atoms with Crippen LogP contribution in [0.2, 0.25) is 0 Å². The van der Waals surface area contributed by atoms with Crippen LogP contribution in [0.25, 0.3) is 0 Å². The molecule has 0 fully saturated rings. The first kappa shape index (κ1) is 27.1. The van der Waals surface area contributed by atoms with Crippen molar-refractivity contribution in [2.24, 2.45) is 10.9 Å². The standard InChI is InChI=1S/C28H47NO2S/c1-3-5-7-9-11-12-14-16-20-25(19-15-13-10-8-6-4-2)23-29-27-24-32(30,31)28-22-18-17-21-26(27)28/h17-18,21-22,25H,3-16,19-20,23-24H2,1-2H3/b29-27+. The second-order valence-corrected chi connectivity index (χ2v) is 11.7. The van der Waals surface area contributed by atoms with Gasteiger partial charge in [-0.15, -0.1) is 0 Å². The second kappa shape index (κ2) is 15.6. The zero-order valence-electron chi connectivity index (χ0n) is 20.8. The van der Waals surface area contributed by atoms with Crippen LogP contribution in [-0.2, 0) is 9.84 Å². The quantitative estimate of drug-likeness (QED) is 0.207. The van der Waals surface area contributed by atoms with Gasteiger partial charge >= 0.3 is 0 Å². The minimum atomic E-state index is -3.20. The fourth-order valence-electron chi connectivity index (χ4n) is 4.79. The monoisotopic (exact) mass is 461 g/mol. The van der Waals surface area contributed by atoms with Crippen molar-refractivity contribution < 1.29 is 8.42 Å². The van der Waals surface area contributed by atoms with Crippen molar-refractivity contribution in [3.05, 3.63) is 29.8 Å². The predicted octanol–water partition coefficient (Wildman–Crippen LogP) is 8.16. The molecule has 182 valence electrons. The van der Waals surface area contributed by atoms with Crippen molar-refractivity contribution in [3.8, 4) is 0 Å². The van der Waals surface area contributed by atoms with E-state index in [1.807, 2.05) is 18.2 Å². The molecule has 2 rings (SSSR count). The van der Waals surface area contributed by atoms with E-state index in [9.17, 15) is 8.42 Å². The summed E-state index contributed by atoms with van der Waals surface area (Å²) in [6.07, 6.45) is 21.2. The second-order valence-electron chi connectivity index (χ2n) is 9.73. The number of sulfone groups is 1. The third-order valence-electron chi connectivity index (χ3n) is 6.83. The van der Waals surface area contributed by atoms with Crippen LogP contribution in [0, 0.1) is 5.92 Å². The van der Waals surface area contributed by atoms with Crippen LogP contribution in [0.15, 0.2) is 34.2 Å². The lowest BCUT2D eigenvalue weighted by Gasteiger charge is -2.15. The van der Waals surface area contributed by atoms with E-state index < -0.39 is 9.84 Å². The van der Waals surface area contributed by atoms with Gasteiger partial charge in [0.1, 0.15) is 0 Å². The molecule has 0 radical (unpaired) electrons. The fraction of sp³-hybridized carbons (Fsp3) is 0.750. The lowest BCUT2D eigenvalue weighted by molar-refractivity contribution is 0.411. The topological polar surface area (TPSA) is 46.5 Å². The Morgan fingerprint density at radius 3 is 1.81 bits per heavy atom. The Balaban J connectivity index is 1.83. The van der Waals surface area contributed by atoms with Crippen LogP contribution >= 0.6 is 0 Å². The minimum absolute atomic E-state index is 0.0772. The first-order valence-corrected chi connectivity index (χ1v) is 15.1. The summed E-state index contributed by atoms with van der Waals surface area (Å²) in [6.45, 7) is 5.32. The van der Waals surface area contributed by atoms with Crippen molar-refractivity contribution in [1.29, 1.82) is 0 Å². The Morgan fingerprint density at radius 1 is 0.750 bits per heavy atom. The van der Waals surface area contributed by atoms with Crippen molar-refractivity contribution >= 4 is 15.5 Å². The summed E-state index contributed by atoms with van der Waals surface area (Å²) >= 11 is 0. The molecule has 4 heteroatoms. The average molecular weight is 462 g/mol. The summed E-state index contributed by atoms with van der Waals surface area (Å²) in [5.41, 5.74) is 1.61. The van der Waals surface area contributed by atoms with Gasteiger partial charge in [0, 0.05) is 12.1 Å². The van der Waals surface area contributed by atoms with E-state index >= 15 is 0 Å². The summed E-state index contributed by atoms with van der Waals surface area (Å²) in [4.78, 5) is 5.34. The number of aliphatic imine (C=N–C) groups is 1. The van der Waals surface area contributed by atoms with Gasteiger partial charge in [-0.1, -0.05) is 122 Å². The highest BCUT2D eigenvalue weighted by molar-refractivity contribution is 7.92. The molecule has 1 aliphatic heterocycles. The largest absolute Gasteiger partial charge is 0.288 e. The maximum atomic E-state index is 12.5. The molecular weight excluding hydrogens is 414 g/mol. The van der Waals surface area contributed by atoms with Crippen molar-refractivity contribution in [2.45, 2.75) is 121 Å². The summed E-state index contributed by atoms with van der Waals surface area (Å²) in [7, 11) is -3.20. The van der Waals surface area contributed by atoms with Crippen LogP contribution in [0.1, 0.15) is 122 Å². The third kappa shape index (κ3) is 9.77. The molecule has 1 atom stereocenters. The zero-order chi connectivity index (χ0) is 23.1. The number of unbranched alkanes of at least 4 members (excludes halogenated alkanes) is 12. The maximum absolute atomic E-state index is 12.5. The highest BCUT2D eigenvalue weighted by Crippen LogP contribution is 2.27. The molecular formula is C28H47NO2S. The van der Waals surface area contributed by atoms with E-state index in [4.69, 9.17) is 4.99 Å². The van der Waals surface area contributed by atoms with Crippen LogP contribution in [0.3, 0.4) is 0 Å². The third-order valence-corrected chi connectivity index (χ3v) is 8.51. The SMILES string of the molecule is CCCCCCCCCCC(CCCCCCCC)C/N=C1\CS(=O)(=O)c2ccccc21. The number of rotatable bonds is 18. The van der Waals surface area contributed by atoms with Crippen LogP contribution < -0.4 is 0 Å². The van der Waals surface area contributed by atoms with Gasteiger partial charge in [0.05, 0.1) is 16.4 Å². The van der Waals surface area contributed by atoms with E-state index in [-0.39, 0.29) is 5.75 Å². The van der Waals surface area contributed by atoms with E-state index in [1.54, 1.807) is 6.07 Å². The minimum Gasteiger partial charge on any atom is -0.288 e. The van der Waals surface area contributed by atoms with Gasteiger partial charge in [-0.25, -0.2) is 8.42 Å². The van der Waals surface area contributed by atoms with E-state index in [1.165, 1.54) is 103 Å². The van der Waals surface area contributed by atoms with E-state index in [0.29, 0.717) is 10.8 Å². The summed E-state index contributed by atoms with van der Waals surface area (Å²) in [6, 6.07) is 7.37. The summed E-state index contributed by atoms with van der Waals surface area (Å²) in [5.74, 6) is 0.664. The highest BCUT2D eigenvalue weighted by Gasteiger charge is 2.31. The molecule has 1 aliphatic rings. The Morgan fingerprint density at radius 2 is 1.25 bits per heavy atom. The Hall–Kier alpha value is -1.16. The predicted molar refractivity (Wildman–Crippen MR) is 139 cm³/mol. The van der Waals surface area contributed by atoms with Gasteiger partial charge in [-0.3, -0.25) is 4.99 Å². The van der Waals surface area contributed by atoms with Gasteiger partial charge in [0.2, 0.25) is 0 Å². The maximum Gasteiger partial charge on any atom is 0.184 e. The Labute approximate surface area is 198 Å². The fourth-order valence-corrected chi connectivity index (χ4v) is 6.36. The Bertz CT molecular complexity index is 769. The number of nitrogens with zero attached hydrogens (tertiary/aromatic N) is 1. The smallest absolute Gasteiger partial charge is 0.184 e. The van der Waals surface area contributed by atoms with Crippen LogP contribution in [-0.4, -0.2) is 26.4 Å². The molecule has 32 heavy (non-hydrogen) atoms. The molecule has 0 saturated carbocycles. The van der Waals surface area contributed by atoms with Gasteiger partial charge in [0.25, 0.3) is 0 Å². The molecule has 1 heterocycles. The first-order chi connectivity index (χ1) is 15.6. The first-order valence-electron chi connectivity index (χ1n) is 13.4. The van der Waals surface area contributed by atoms with Crippen LogP contribution in [0.5, 0.6) is 0 Å². The number of fused-ring (bicyclic) bond motifs is 1. The molecule has 0 aliphatic carbocycles. The summed E-state index contributed by atoms with van der Waals surface area (Å²) < 4.78 is 24.9. The average Bonchev–Trinajstić information content (AvgIpc) is 3.06. The van der Waals surface area contributed by atoms with E-state index in [0.717, 1.165) is 17.8 Å². The van der Waals surface area contributed by atoms with Crippen molar-refractivity contribution in [3.63, 3.8) is 0 Å². The highest BCUT2D eigenvalue weighted by atomic mass is 32.2. The number of benzene rings is 1. The van der Waals surface area contributed by atoms with E-state index in [2.05, 4.69) is 13.8 Å². The van der Waals surface area contributed by atoms with Crippen molar-refractivity contribution in [2.75, 3.05) is 12.3 Å². The summed E-state index contributed by atoms with van der Waals surface area (Å²) in [5, 5.41) is 0.